The van der Waals surface area contributed by atoms with Crippen molar-refractivity contribution in [2.45, 2.75) is 45.5 Å². The second kappa shape index (κ2) is 6.92. The van der Waals surface area contributed by atoms with Crippen molar-refractivity contribution in [1.82, 2.24) is 10.2 Å². The van der Waals surface area contributed by atoms with Crippen LogP contribution in [-0.4, -0.2) is 66.0 Å². The summed E-state index contributed by atoms with van der Waals surface area (Å²) in [7, 11) is 0. The van der Waals surface area contributed by atoms with Crippen molar-refractivity contribution in [3.8, 4) is 0 Å². The molecule has 4 atom stereocenters. The van der Waals surface area contributed by atoms with Crippen LogP contribution in [-0.2, 0) is 19.1 Å². The largest absolute Gasteiger partial charge is 0.442 e. The molecule has 3 aliphatic heterocycles. The average Bonchev–Trinajstić information content (AvgIpc) is 3.17. The molecule has 8 heteroatoms. The van der Waals surface area contributed by atoms with Crippen LogP contribution in [0.3, 0.4) is 0 Å². The molecule has 3 amide bonds. The van der Waals surface area contributed by atoms with Crippen molar-refractivity contribution in [1.29, 1.82) is 0 Å². The Balaban J connectivity index is 1.44. The summed E-state index contributed by atoms with van der Waals surface area (Å²) in [6, 6.07) is 0. The van der Waals surface area contributed by atoms with Gasteiger partial charge in [0.15, 0.2) is 0 Å². The molecule has 2 saturated heterocycles. The van der Waals surface area contributed by atoms with Gasteiger partial charge in [-0.1, -0.05) is 12.2 Å². The first-order valence-electron chi connectivity index (χ1n) is 8.84. The lowest BCUT2D eigenvalue weighted by Crippen LogP contribution is -2.40. The number of carbonyl (C=O) groups excluding carboxylic acids is 3. The Kier molecular flexibility index (Phi) is 4.98. The molecule has 0 aliphatic carbocycles. The van der Waals surface area contributed by atoms with Crippen LogP contribution in [0, 0.1) is 11.8 Å². The van der Waals surface area contributed by atoms with Crippen molar-refractivity contribution in [2.75, 3.05) is 19.6 Å². The number of rotatable bonds is 5. The molecular formula is C18H25N3O5. The maximum Gasteiger partial charge on any atom is 0.434 e. The van der Waals surface area contributed by atoms with E-state index >= 15 is 0 Å². The zero-order valence-corrected chi connectivity index (χ0v) is 15.5. The minimum absolute atomic E-state index is 0.155. The Hall–Kier alpha value is -2.06. The number of likely N-dealkylation sites (tertiary alicyclic amines) is 1. The van der Waals surface area contributed by atoms with Gasteiger partial charge in [-0.05, 0) is 27.7 Å². The summed E-state index contributed by atoms with van der Waals surface area (Å²) in [4.78, 5) is 41.7. The third-order valence-electron chi connectivity index (χ3n) is 4.57. The minimum Gasteiger partial charge on any atom is -0.442 e. The Labute approximate surface area is 152 Å². The highest BCUT2D eigenvalue weighted by atomic mass is 16.6. The van der Waals surface area contributed by atoms with Crippen LogP contribution in [0.25, 0.3) is 0 Å². The molecule has 4 unspecified atom stereocenters. The average molecular weight is 363 g/mol. The maximum absolute atomic E-state index is 12.5. The van der Waals surface area contributed by atoms with E-state index in [9.17, 15) is 14.4 Å². The molecule has 142 valence electrons. The van der Waals surface area contributed by atoms with Crippen LogP contribution in [0.1, 0.15) is 27.7 Å². The SMILES string of the molecule is C/C(CNCCN1C(=O)C2C3C=CC(O3)C2C1=O)=N/C(=O)OC(C)(C)C. The number of nitrogens with zero attached hydrogens (tertiary/aromatic N) is 2. The standard InChI is InChI=1S/C18H25N3O5/c1-10(20-17(24)26-18(2,3)4)9-19-7-8-21-15(22)13-11-5-6-12(25-11)14(13)16(21)23/h5-6,11-14,19H,7-9H2,1-4H3/b20-10-. The molecule has 2 bridgehead atoms. The van der Waals surface area contributed by atoms with E-state index in [0.29, 0.717) is 25.3 Å². The number of hydrogen-bond acceptors (Lipinski definition) is 6. The van der Waals surface area contributed by atoms with Gasteiger partial charge in [-0.15, -0.1) is 0 Å². The minimum atomic E-state index is -0.627. The van der Waals surface area contributed by atoms with Gasteiger partial charge in [0.05, 0.1) is 24.0 Å². The second-order valence-corrected chi connectivity index (χ2v) is 7.83. The summed E-state index contributed by atoms with van der Waals surface area (Å²) in [5, 5.41) is 3.09. The van der Waals surface area contributed by atoms with Gasteiger partial charge in [0, 0.05) is 25.3 Å². The predicted octanol–water partition coefficient (Wildman–Crippen LogP) is 0.910. The second-order valence-electron chi connectivity index (χ2n) is 7.83. The van der Waals surface area contributed by atoms with Gasteiger partial charge in [0.25, 0.3) is 0 Å². The van der Waals surface area contributed by atoms with Gasteiger partial charge in [-0.2, -0.15) is 4.99 Å². The molecule has 8 nitrogen and oxygen atoms in total. The smallest absolute Gasteiger partial charge is 0.434 e. The van der Waals surface area contributed by atoms with Gasteiger partial charge in [-0.25, -0.2) is 4.79 Å². The van der Waals surface area contributed by atoms with E-state index in [2.05, 4.69) is 10.3 Å². The number of amides is 3. The van der Waals surface area contributed by atoms with Crippen LogP contribution in [0.15, 0.2) is 17.1 Å². The van der Waals surface area contributed by atoms with Crippen LogP contribution < -0.4 is 5.32 Å². The molecule has 2 fully saturated rings. The summed E-state index contributed by atoms with van der Waals surface area (Å²) < 4.78 is 10.7. The highest BCUT2D eigenvalue weighted by Gasteiger charge is 2.60. The molecule has 3 aliphatic rings. The number of fused-ring (bicyclic) bond motifs is 5. The molecule has 0 saturated carbocycles. The first kappa shape index (κ1) is 18.7. The van der Waals surface area contributed by atoms with Crippen molar-refractivity contribution in [3.63, 3.8) is 0 Å². The molecule has 0 aromatic rings. The summed E-state index contributed by atoms with van der Waals surface area (Å²) in [5.74, 6) is -1.04. The predicted molar refractivity (Wildman–Crippen MR) is 93.7 cm³/mol. The van der Waals surface area contributed by atoms with Crippen molar-refractivity contribution in [3.05, 3.63) is 12.2 Å². The summed E-state index contributed by atoms with van der Waals surface area (Å²) in [5.41, 5.74) is -0.00767. The van der Waals surface area contributed by atoms with Gasteiger partial charge in [0.2, 0.25) is 11.8 Å². The number of aliphatic imine (C=N–C) groups is 1. The van der Waals surface area contributed by atoms with E-state index in [1.54, 1.807) is 27.7 Å². The van der Waals surface area contributed by atoms with Crippen LogP contribution >= 0.6 is 0 Å². The monoisotopic (exact) mass is 363 g/mol. The molecule has 0 spiro atoms. The van der Waals surface area contributed by atoms with E-state index in [4.69, 9.17) is 9.47 Å². The molecule has 0 aromatic heterocycles. The Bertz CT molecular complexity index is 649. The lowest BCUT2D eigenvalue weighted by molar-refractivity contribution is -0.142. The number of ether oxygens (including phenoxy) is 2. The lowest BCUT2D eigenvalue weighted by Gasteiger charge is -2.18. The normalized spacial score (nSPS) is 30.3. The number of imide groups is 1. The summed E-state index contributed by atoms with van der Waals surface area (Å²) in [6.45, 7) is 8.15. The highest BCUT2D eigenvalue weighted by Crippen LogP contribution is 2.44. The van der Waals surface area contributed by atoms with Crippen LogP contribution in [0.4, 0.5) is 4.79 Å². The Morgan fingerprint density at radius 3 is 2.35 bits per heavy atom. The first-order valence-corrected chi connectivity index (χ1v) is 8.84. The van der Waals surface area contributed by atoms with Gasteiger partial charge in [-0.3, -0.25) is 14.5 Å². The molecule has 3 heterocycles. The zero-order chi connectivity index (χ0) is 19.1. The lowest BCUT2D eigenvalue weighted by atomic mass is 9.85. The van der Waals surface area contributed by atoms with E-state index in [0.717, 1.165) is 0 Å². The molecule has 1 N–H and O–H groups in total. The molecular weight excluding hydrogens is 338 g/mol. The zero-order valence-electron chi connectivity index (χ0n) is 15.5. The number of carbonyl (C=O) groups is 3. The Morgan fingerprint density at radius 2 is 1.81 bits per heavy atom. The van der Waals surface area contributed by atoms with Gasteiger partial charge < -0.3 is 14.8 Å². The van der Waals surface area contributed by atoms with E-state index in [1.807, 2.05) is 12.2 Å². The van der Waals surface area contributed by atoms with Crippen molar-refractivity contribution < 1.29 is 23.9 Å². The van der Waals surface area contributed by atoms with Gasteiger partial charge >= 0.3 is 6.09 Å². The summed E-state index contributed by atoms with van der Waals surface area (Å²) in [6.07, 6.45) is 2.59. The van der Waals surface area contributed by atoms with E-state index in [1.165, 1.54) is 4.90 Å². The number of nitrogens with one attached hydrogen (secondary N) is 1. The highest BCUT2D eigenvalue weighted by molar-refractivity contribution is 6.06. The fourth-order valence-corrected chi connectivity index (χ4v) is 3.53. The van der Waals surface area contributed by atoms with E-state index < -0.39 is 11.7 Å². The molecule has 0 radical (unpaired) electrons. The molecule has 26 heavy (non-hydrogen) atoms. The fourth-order valence-electron chi connectivity index (χ4n) is 3.53. The van der Waals surface area contributed by atoms with E-state index in [-0.39, 0.29) is 35.9 Å². The fraction of sp³-hybridized carbons (Fsp3) is 0.667. The quantitative estimate of drug-likeness (QED) is 0.337. The Morgan fingerprint density at radius 1 is 1.23 bits per heavy atom. The van der Waals surface area contributed by atoms with Crippen LogP contribution in [0.5, 0.6) is 0 Å². The van der Waals surface area contributed by atoms with Crippen molar-refractivity contribution >= 4 is 23.6 Å². The number of hydrogen-bond donors (Lipinski definition) is 1. The molecule has 0 aromatic carbocycles. The van der Waals surface area contributed by atoms with Crippen LogP contribution in [0.2, 0.25) is 0 Å². The first-order chi connectivity index (χ1) is 12.2. The third kappa shape index (κ3) is 3.71. The summed E-state index contributed by atoms with van der Waals surface area (Å²) >= 11 is 0. The third-order valence-corrected chi connectivity index (χ3v) is 4.57. The van der Waals surface area contributed by atoms with Crippen molar-refractivity contribution in [2.24, 2.45) is 16.8 Å². The van der Waals surface area contributed by atoms with Gasteiger partial charge in [0.1, 0.15) is 5.60 Å². The maximum atomic E-state index is 12.5. The topological polar surface area (TPSA) is 97.3 Å². The molecule has 3 rings (SSSR count).